The van der Waals surface area contributed by atoms with Crippen molar-refractivity contribution in [3.63, 3.8) is 0 Å². The number of fused-ring (bicyclic) bond motifs is 2. The van der Waals surface area contributed by atoms with Crippen molar-refractivity contribution in [3.05, 3.63) is 102 Å². The van der Waals surface area contributed by atoms with Crippen LogP contribution in [0, 0.1) is 5.92 Å². The highest BCUT2D eigenvalue weighted by Gasteiger charge is 2.56. The number of rotatable bonds is 4. The lowest BCUT2D eigenvalue weighted by Crippen LogP contribution is -2.54. The molecule has 4 heteroatoms. The van der Waals surface area contributed by atoms with Crippen LogP contribution in [0.25, 0.3) is 5.70 Å². The van der Waals surface area contributed by atoms with Gasteiger partial charge in [0, 0.05) is 17.5 Å². The molecule has 2 aromatic carbocycles. The average Bonchev–Trinajstić information content (AvgIpc) is 3.21. The summed E-state index contributed by atoms with van der Waals surface area (Å²) in [5.74, 6) is 0.728. The fraction of sp³-hybridized carbons (Fsp3) is 0.355. The van der Waals surface area contributed by atoms with E-state index in [1.54, 1.807) is 0 Å². The van der Waals surface area contributed by atoms with Crippen molar-refractivity contribution in [1.29, 1.82) is 0 Å². The fourth-order valence-electron chi connectivity index (χ4n) is 6.29. The molecule has 0 amide bonds. The molecule has 2 aliphatic carbocycles. The second-order valence-corrected chi connectivity index (χ2v) is 10.8. The predicted molar refractivity (Wildman–Crippen MR) is 143 cm³/mol. The number of benzene rings is 2. The number of aliphatic imine (C=N–C) groups is 2. The van der Waals surface area contributed by atoms with E-state index < -0.39 is 5.54 Å². The zero-order chi connectivity index (χ0) is 24.0. The first-order chi connectivity index (χ1) is 17.0. The molecule has 3 unspecified atom stereocenters. The first-order valence-electron chi connectivity index (χ1n) is 12.8. The maximum atomic E-state index is 9.79. The van der Waals surface area contributed by atoms with Crippen molar-refractivity contribution in [3.8, 4) is 0 Å². The SMILES string of the molecule is CC(C)(CO)N=C1C=CC2=NC34CCCCC3C(c3ccccc3)C=C(c3ccccc3)N4C2=C1. The number of hydrogen-bond donors (Lipinski definition) is 1. The minimum absolute atomic E-state index is 0.0120. The predicted octanol–water partition coefficient (Wildman–Crippen LogP) is 6.13. The van der Waals surface area contributed by atoms with Gasteiger partial charge in [-0.3, -0.25) is 9.98 Å². The Morgan fingerprint density at radius 2 is 1.74 bits per heavy atom. The Hall–Kier alpha value is -3.24. The lowest BCUT2D eigenvalue weighted by molar-refractivity contribution is 0.0687. The number of allylic oxidation sites excluding steroid dienone is 4. The Balaban J connectivity index is 1.56. The van der Waals surface area contributed by atoms with Gasteiger partial charge in [0.2, 0.25) is 0 Å². The molecule has 1 fully saturated rings. The summed E-state index contributed by atoms with van der Waals surface area (Å²) >= 11 is 0. The fourth-order valence-corrected chi connectivity index (χ4v) is 6.29. The van der Waals surface area contributed by atoms with E-state index in [0.29, 0.717) is 11.8 Å². The van der Waals surface area contributed by atoms with Crippen molar-refractivity contribution in [2.75, 3.05) is 6.61 Å². The Bertz CT molecular complexity index is 1270. The minimum Gasteiger partial charge on any atom is -0.394 e. The van der Waals surface area contributed by atoms with E-state index >= 15 is 0 Å². The lowest BCUT2D eigenvalue weighted by atomic mass is 9.66. The molecular formula is C31H33N3O. The highest BCUT2D eigenvalue weighted by atomic mass is 16.3. The summed E-state index contributed by atoms with van der Waals surface area (Å²) in [5.41, 5.74) is 6.09. The second kappa shape index (κ2) is 8.46. The van der Waals surface area contributed by atoms with Gasteiger partial charge in [0.1, 0.15) is 5.66 Å². The van der Waals surface area contributed by atoms with Crippen molar-refractivity contribution < 1.29 is 5.11 Å². The minimum atomic E-state index is -0.520. The van der Waals surface area contributed by atoms with Crippen LogP contribution in [0.4, 0.5) is 0 Å². The van der Waals surface area contributed by atoms with Crippen LogP contribution in [0.1, 0.15) is 56.6 Å². The summed E-state index contributed by atoms with van der Waals surface area (Å²) in [5, 5.41) is 9.79. The van der Waals surface area contributed by atoms with Gasteiger partial charge in [-0.1, -0.05) is 73.2 Å². The monoisotopic (exact) mass is 463 g/mol. The van der Waals surface area contributed by atoms with Crippen molar-refractivity contribution in [1.82, 2.24) is 4.90 Å². The van der Waals surface area contributed by atoms with E-state index in [4.69, 9.17) is 9.98 Å². The van der Waals surface area contributed by atoms with Crippen LogP contribution in [-0.4, -0.2) is 39.2 Å². The highest BCUT2D eigenvalue weighted by Crippen LogP contribution is 2.57. The van der Waals surface area contributed by atoms with Gasteiger partial charge < -0.3 is 10.0 Å². The van der Waals surface area contributed by atoms with Crippen LogP contribution < -0.4 is 0 Å². The Morgan fingerprint density at radius 3 is 2.49 bits per heavy atom. The molecule has 0 aromatic heterocycles. The van der Waals surface area contributed by atoms with Crippen LogP contribution in [0.3, 0.4) is 0 Å². The number of aliphatic hydroxyl groups is 1. The molecule has 0 saturated heterocycles. The van der Waals surface area contributed by atoms with Gasteiger partial charge in [-0.15, -0.1) is 0 Å². The Morgan fingerprint density at radius 1 is 1.00 bits per heavy atom. The summed E-state index contributed by atoms with van der Waals surface area (Å²) in [4.78, 5) is 12.9. The summed E-state index contributed by atoms with van der Waals surface area (Å²) in [6, 6.07) is 21.7. The van der Waals surface area contributed by atoms with Crippen molar-refractivity contribution in [2.45, 2.75) is 56.7 Å². The topological polar surface area (TPSA) is 48.2 Å². The van der Waals surface area contributed by atoms with Gasteiger partial charge in [-0.25, -0.2) is 0 Å². The van der Waals surface area contributed by atoms with Crippen LogP contribution in [0.5, 0.6) is 0 Å². The van der Waals surface area contributed by atoms with E-state index in [0.717, 1.165) is 23.5 Å². The summed E-state index contributed by atoms with van der Waals surface area (Å²) in [6.45, 7) is 3.94. The zero-order valence-electron chi connectivity index (χ0n) is 20.6. The van der Waals surface area contributed by atoms with E-state index in [9.17, 15) is 5.11 Å². The van der Waals surface area contributed by atoms with Crippen molar-refractivity contribution >= 4 is 17.1 Å². The Kier molecular flexibility index (Phi) is 5.37. The molecule has 35 heavy (non-hydrogen) atoms. The van der Waals surface area contributed by atoms with E-state index in [-0.39, 0.29) is 12.3 Å². The standard InChI is InChI=1S/C31H33N3O/c1-30(2,21-35)32-24-16-17-27-29(19-24)34-28(23-13-7-4-8-14-23)20-25(22-11-5-3-6-12-22)26-15-9-10-18-31(26,34)33-27/h3-8,11-14,16-17,19-20,25-26,35H,9-10,15,18,21H2,1-2H3. The molecule has 0 radical (unpaired) electrons. The highest BCUT2D eigenvalue weighted by molar-refractivity contribution is 6.22. The molecule has 2 aliphatic heterocycles. The second-order valence-electron chi connectivity index (χ2n) is 10.8. The van der Waals surface area contributed by atoms with Crippen LogP contribution in [0.15, 0.2) is 101 Å². The molecule has 178 valence electrons. The lowest BCUT2D eigenvalue weighted by Gasteiger charge is -2.53. The van der Waals surface area contributed by atoms with E-state index in [1.807, 2.05) is 19.9 Å². The van der Waals surface area contributed by atoms with Gasteiger partial charge in [-0.05, 0) is 62.5 Å². The normalized spacial score (nSPS) is 28.6. The first-order valence-corrected chi connectivity index (χ1v) is 12.8. The van der Waals surface area contributed by atoms with E-state index in [1.165, 1.54) is 36.1 Å². The third-order valence-corrected chi connectivity index (χ3v) is 7.89. The van der Waals surface area contributed by atoms with Gasteiger partial charge >= 0.3 is 0 Å². The van der Waals surface area contributed by atoms with Crippen LogP contribution in [-0.2, 0) is 0 Å². The summed E-state index contributed by atoms with van der Waals surface area (Å²) in [6.07, 6.45) is 13.5. The molecule has 2 aromatic rings. The third kappa shape index (κ3) is 3.71. The van der Waals surface area contributed by atoms with E-state index in [2.05, 4.69) is 83.8 Å². The zero-order valence-corrected chi connectivity index (χ0v) is 20.6. The van der Waals surface area contributed by atoms with Crippen molar-refractivity contribution in [2.24, 2.45) is 15.9 Å². The number of hydrogen-bond acceptors (Lipinski definition) is 4. The maximum absolute atomic E-state index is 9.79. The van der Waals surface area contributed by atoms with Gasteiger partial charge in [0.25, 0.3) is 0 Å². The molecule has 1 spiro atoms. The van der Waals surface area contributed by atoms with Gasteiger partial charge in [0.05, 0.1) is 29.3 Å². The molecule has 1 N–H and O–H groups in total. The molecule has 4 aliphatic rings. The quantitative estimate of drug-likeness (QED) is 0.554. The third-order valence-electron chi connectivity index (χ3n) is 7.89. The molecule has 6 rings (SSSR count). The molecule has 2 heterocycles. The largest absolute Gasteiger partial charge is 0.394 e. The number of aliphatic hydroxyl groups excluding tert-OH is 1. The summed E-state index contributed by atoms with van der Waals surface area (Å²) in [7, 11) is 0. The maximum Gasteiger partial charge on any atom is 0.140 e. The smallest absolute Gasteiger partial charge is 0.140 e. The average molecular weight is 464 g/mol. The first kappa shape index (κ1) is 22.2. The molecule has 4 nitrogen and oxygen atoms in total. The van der Waals surface area contributed by atoms with Gasteiger partial charge in [-0.2, -0.15) is 0 Å². The molecular weight excluding hydrogens is 430 g/mol. The molecule has 1 saturated carbocycles. The summed E-state index contributed by atoms with van der Waals surface area (Å²) < 4.78 is 0. The Labute approximate surface area is 208 Å². The van der Waals surface area contributed by atoms with Crippen LogP contribution in [0.2, 0.25) is 0 Å². The van der Waals surface area contributed by atoms with Crippen LogP contribution >= 0.6 is 0 Å². The van der Waals surface area contributed by atoms with Gasteiger partial charge in [0.15, 0.2) is 0 Å². The molecule has 0 bridgehead atoms. The molecule has 3 atom stereocenters. The number of nitrogens with zero attached hydrogens (tertiary/aromatic N) is 3.